The van der Waals surface area contributed by atoms with E-state index in [1.807, 2.05) is 13.0 Å². The van der Waals surface area contributed by atoms with Crippen LogP contribution in [0.5, 0.6) is 0 Å². The van der Waals surface area contributed by atoms with E-state index >= 15 is 0 Å². The molecule has 3 nitrogen and oxygen atoms in total. The fraction of sp³-hybridized carbons (Fsp3) is 0.333. The van der Waals surface area contributed by atoms with Crippen LogP contribution in [0.1, 0.15) is 31.4 Å². The van der Waals surface area contributed by atoms with E-state index in [1.54, 1.807) is 6.07 Å². The minimum absolute atomic E-state index is 0.284. The van der Waals surface area contributed by atoms with Crippen molar-refractivity contribution < 1.29 is 4.39 Å². The Bertz CT molecular complexity index is 641. The van der Waals surface area contributed by atoms with Gasteiger partial charge in [-0.3, -0.25) is 0 Å². The maximum absolute atomic E-state index is 13.5. The van der Waals surface area contributed by atoms with E-state index in [4.69, 9.17) is 0 Å². The van der Waals surface area contributed by atoms with Gasteiger partial charge in [0.05, 0.1) is 0 Å². The highest BCUT2D eigenvalue weighted by atomic mass is 79.9. The first-order valence-corrected chi connectivity index (χ1v) is 7.55. The molecule has 1 aromatic heterocycles. The van der Waals surface area contributed by atoms with Crippen molar-refractivity contribution in [2.75, 3.05) is 11.9 Å². The molecule has 0 atom stereocenters. The fourth-order valence-electron chi connectivity index (χ4n) is 2.12. The van der Waals surface area contributed by atoms with Crippen molar-refractivity contribution in [3.8, 4) is 11.4 Å². The summed E-state index contributed by atoms with van der Waals surface area (Å²) in [6.07, 6.45) is 2.35. The zero-order valence-corrected chi connectivity index (χ0v) is 12.7. The first kappa shape index (κ1) is 13.5. The van der Waals surface area contributed by atoms with Gasteiger partial charge in [-0.25, -0.2) is 14.4 Å². The Labute approximate surface area is 125 Å². The predicted octanol–water partition coefficient (Wildman–Crippen LogP) is 4.35. The molecule has 0 bridgehead atoms. The highest BCUT2D eigenvalue weighted by molar-refractivity contribution is 9.10. The number of nitrogens with one attached hydrogen (secondary N) is 1. The van der Waals surface area contributed by atoms with Crippen LogP contribution in [0.2, 0.25) is 0 Å². The summed E-state index contributed by atoms with van der Waals surface area (Å²) in [5.41, 5.74) is 1.73. The van der Waals surface area contributed by atoms with Gasteiger partial charge in [-0.2, -0.15) is 0 Å². The predicted molar refractivity (Wildman–Crippen MR) is 81.3 cm³/mol. The Morgan fingerprint density at radius 3 is 2.80 bits per heavy atom. The molecular formula is C15H15BrFN3. The van der Waals surface area contributed by atoms with Gasteiger partial charge in [-0.05, 0) is 38.0 Å². The van der Waals surface area contributed by atoms with Crippen molar-refractivity contribution >= 4 is 21.7 Å². The largest absolute Gasteiger partial charge is 0.370 e. The van der Waals surface area contributed by atoms with Crippen LogP contribution in [0.3, 0.4) is 0 Å². The molecule has 1 saturated carbocycles. The van der Waals surface area contributed by atoms with E-state index < -0.39 is 0 Å². The topological polar surface area (TPSA) is 37.8 Å². The second-order valence-corrected chi connectivity index (χ2v) is 5.78. The van der Waals surface area contributed by atoms with Gasteiger partial charge in [0.2, 0.25) is 0 Å². The van der Waals surface area contributed by atoms with Crippen LogP contribution in [-0.2, 0) is 0 Å². The first-order valence-electron chi connectivity index (χ1n) is 6.75. The van der Waals surface area contributed by atoms with Gasteiger partial charge < -0.3 is 5.32 Å². The summed E-state index contributed by atoms with van der Waals surface area (Å²) >= 11 is 3.44. The van der Waals surface area contributed by atoms with Crippen LogP contribution in [-0.4, -0.2) is 16.5 Å². The molecule has 2 aromatic rings. The third kappa shape index (κ3) is 2.82. The molecule has 0 spiro atoms. The molecule has 1 fully saturated rings. The molecule has 104 valence electrons. The van der Waals surface area contributed by atoms with Crippen molar-refractivity contribution in [2.45, 2.75) is 25.7 Å². The Balaban J connectivity index is 2.09. The fourth-order valence-corrected chi connectivity index (χ4v) is 2.54. The molecule has 0 saturated heterocycles. The van der Waals surface area contributed by atoms with Crippen LogP contribution < -0.4 is 5.32 Å². The Morgan fingerprint density at radius 2 is 2.10 bits per heavy atom. The number of halogens is 2. The molecule has 0 aliphatic heterocycles. The molecule has 1 heterocycles. The summed E-state index contributed by atoms with van der Waals surface area (Å²) < 4.78 is 14.3. The third-order valence-corrected chi connectivity index (χ3v) is 3.96. The monoisotopic (exact) mass is 335 g/mol. The van der Waals surface area contributed by atoms with E-state index in [2.05, 4.69) is 31.2 Å². The van der Waals surface area contributed by atoms with Crippen LogP contribution in [0.25, 0.3) is 11.4 Å². The molecule has 0 radical (unpaired) electrons. The normalized spacial score (nSPS) is 14.3. The Hall–Kier alpha value is -1.49. The maximum Gasteiger partial charge on any atom is 0.163 e. The van der Waals surface area contributed by atoms with Crippen molar-refractivity contribution in [1.82, 2.24) is 9.97 Å². The van der Waals surface area contributed by atoms with Crippen LogP contribution in [0, 0.1) is 5.82 Å². The lowest BCUT2D eigenvalue weighted by molar-refractivity contribution is 0.628. The molecular weight excluding hydrogens is 321 g/mol. The van der Waals surface area contributed by atoms with E-state index in [0.717, 1.165) is 22.5 Å². The maximum atomic E-state index is 13.5. The number of aromatic nitrogens is 2. The van der Waals surface area contributed by atoms with Gasteiger partial charge in [0.15, 0.2) is 5.82 Å². The SMILES string of the molecule is CCNc1cc(C2CC2)nc(-c2cc(F)ccc2Br)n1. The Kier molecular flexibility index (Phi) is 3.70. The number of nitrogens with zero attached hydrogens (tertiary/aromatic N) is 2. The van der Waals surface area contributed by atoms with Gasteiger partial charge >= 0.3 is 0 Å². The molecule has 20 heavy (non-hydrogen) atoms. The summed E-state index contributed by atoms with van der Waals surface area (Å²) in [6.45, 7) is 2.82. The van der Waals surface area contributed by atoms with Gasteiger partial charge in [0, 0.05) is 34.3 Å². The number of hydrogen-bond acceptors (Lipinski definition) is 3. The lowest BCUT2D eigenvalue weighted by Gasteiger charge is -2.10. The molecule has 1 aliphatic carbocycles. The lowest BCUT2D eigenvalue weighted by Crippen LogP contribution is -2.04. The van der Waals surface area contributed by atoms with E-state index in [1.165, 1.54) is 25.0 Å². The highest BCUT2D eigenvalue weighted by Crippen LogP contribution is 2.40. The van der Waals surface area contributed by atoms with Crippen molar-refractivity contribution in [3.05, 3.63) is 40.2 Å². The summed E-state index contributed by atoms with van der Waals surface area (Å²) in [6, 6.07) is 6.57. The van der Waals surface area contributed by atoms with Gasteiger partial charge in [-0.15, -0.1) is 0 Å². The first-order chi connectivity index (χ1) is 9.67. The van der Waals surface area contributed by atoms with Gasteiger partial charge in [0.1, 0.15) is 11.6 Å². The quantitative estimate of drug-likeness (QED) is 0.902. The molecule has 1 aliphatic rings. The van der Waals surface area contributed by atoms with Crippen molar-refractivity contribution in [1.29, 1.82) is 0 Å². The smallest absolute Gasteiger partial charge is 0.163 e. The summed E-state index contributed by atoms with van der Waals surface area (Å²) in [4.78, 5) is 9.09. The average Bonchev–Trinajstić information content (AvgIpc) is 3.26. The summed E-state index contributed by atoms with van der Waals surface area (Å²) in [7, 11) is 0. The molecule has 0 amide bonds. The highest BCUT2D eigenvalue weighted by Gasteiger charge is 2.26. The molecule has 1 N–H and O–H groups in total. The van der Waals surface area contributed by atoms with Crippen molar-refractivity contribution in [2.24, 2.45) is 0 Å². The van der Waals surface area contributed by atoms with Crippen LogP contribution in [0.4, 0.5) is 10.2 Å². The molecule has 3 rings (SSSR count). The second kappa shape index (κ2) is 5.48. The third-order valence-electron chi connectivity index (χ3n) is 3.27. The lowest BCUT2D eigenvalue weighted by atomic mass is 10.2. The zero-order valence-electron chi connectivity index (χ0n) is 11.2. The average molecular weight is 336 g/mol. The minimum atomic E-state index is -0.284. The van der Waals surface area contributed by atoms with Gasteiger partial charge in [-0.1, -0.05) is 15.9 Å². The summed E-state index contributed by atoms with van der Waals surface area (Å²) in [5.74, 6) is 1.61. The molecule has 5 heteroatoms. The number of anilines is 1. The Morgan fingerprint density at radius 1 is 1.30 bits per heavy atom. The van der Waals surface area contributed by atoms with E-state index in [-0.39, 0.29) is 5.82 Å². The van der Waals surface area contributed by atoms with Gasteiger partial charge in [0.25, 0.3) is 0 Å². The second-order valence-electron chi connectivity index (χ2n) is 4.93. The van der Waals surface area contributed by atoms with Crippen LogP contribution in [0.15, 0.2) is 28.7 Å². The zero-order chi connectivity index (χ0) is 14.1. The standard InChI is InChI=1S/C15H15BrFN3/c1-2-18-14-8-13(9-3-4-9)19-15(20-14)11-7-10(17)5-6-12(11)16/h5-9H,2-4H2,1H3,(H,18,19,20). The minimum Gasteiger partial charge on any atom is -0.370 e. The molecule has 1 aromatic carbocycles. The number of rotatable bonds is 4. The molecule has 0 unspecified atom stereocenters. The number of benzene rings is 1. The summed E-state index contributed by atoms with van der Waals surface area (Å²) in [5, 5.41) is 3.21. The van der Waals surface area contributed by atoms with E-state index in [9.17, 15) is 4.39 Å². The number of hydrogen-bond donors (Lipinski definition) is 1. The van der Waals surface area contributed by atoms with Crippen LogP contribution >= 0.6 is 15.9 Å². The van der Waals surface area contributed by atoms with E-state index in [0.29, 0.717) is 17.3 Å². The van der Waals surface area contributed by atoms with Crippen molar-refractivity contribution in [3.63, 3.8) is 0 Å².